The Balaban J connectivity index is 1.84. The number of rotatable bonds is 5. The number of aliphatic hydroxyl groups excluding tert-OH is 1. The van der Waals surface area contributed by atoms with Crippen LogP contribution >= 0.6 is 0 Å². The first-order valence-electron chi connectivity index (χ1n) is 6.03. The molecule has 0 spiro atoms. The molecule has 5 nitrogen and oxygen atoms in total. The molecule has 1 fully saturated rings. The molecular formula is C12H20N2O3. The molecule has 0 radical (unpaired) electrons. The molecule has 2 atom stereocenters. The van der Waals surface area contributed by atoms with Crippen LogP contribution in [-0.2, 0) is 17.9 Å². The van der Waals surface area contributed by atoms with Gasteiger partial charge >= 0.3 is 0 Å². The summed E-state index contributed by atoms with van der Waals surface area (Å²) in [5.74, 6) is 1.15. The predicted molar refractivity (Wildman–Crippen MR) is 62.3 cm³/mol. The third-order valence-corrected chi connectivity index (χ3v) is 3.27. The molecule has 1 aliphatic heterocycles. The maximum atomic E-state index is 9.53. The second-order valence-corrected chi connectivity index (χ2v) is 4.74. The van der Waals surface area contributed by atoms with Crippen LogP contribution in [-0.4, -0.2) is 41.5 Å². The van der Waals surface area contributed by atoms with E-state index in [9.17, 15) is 5.11 Å². The summed E-state index contributed by atoms with van der Waals surface area (Å²) < 4.78 is 10.1. The third-order valence-electron chi connectivity index (χ3n) is 3.27. The summed E-state index contributed by atoms with van der Waals surface area (Å²) in [7, 11) is 1.63. The monoisotopic (exact) mass is 240 g/mol. The molecule has 5 heteroatoms. The molecule has 0 bridgehead atoms. The molecule has 2 heterocycles. The van der Waals surface area contributed by atoms with Gasteiger partial charge in [-0.15, -0.1) is 0 Å². The average Bonchev–Trinajstić information content (AvgIpc) is 2.89. The van der Waals surface area contributed by atoms with E-state index in [0.717, 1.165) is 37.5 Å². The normalized spacial score (nSPS) is 23.1. The fourth-order valence-electron chi connectivity index (χ4n) is 2.27. The summed E-state index contributed by atoms with van der Waals surface area (Å²) in [5.41, 5.74) is 0.934. The van der Waals surface area contributed by atoms with E-state index in [1.54, 1.807) is 7.11 Å². The zero-order chi connectivity index (χ0) is 12.3. The standard InChI is InChI=1S/C12H20N2O3/c1-9(15)10-3-4-14(6-10)7-11-5-12(8-16-2)17-13-11/h5,9-10,15H,3-4,6-8H2,1-2H3. The molecular weight excluding hydrogens is 220 g/mol. The maximum absolute atomic E-state index is 9.53. The molecule has 0 aliphatic carbocycles. The second kappa shape index (κ2) is 5.62. The van der Waals surface area contributed by atoms with E-state index in [2.05, 4.69) is 10.1 Å². The van der Waals surface area contributed by atoms with Gasteiger partial charge in [0.15, 0.2) is 5.76 Å². The number of ether oxygens (including phenoxy) is 1. The lowest BCUT2D eigenvalue weighted by atomic mass is 10.0. The van der Waals surface area contributed by atoms with Crippen molar-refractivity contribution in [2.75, 3.05) is 20.2 Å². The van der Waals surface area contributed by atoms with Gasteiger partial charge in [0.25, 0.3) is 0 Å². The molecule has 1 aromatic heterocycles. The van der Waals surface area contributed by atoms with E-state index in [-0.39, 0.29) is 6.10 Å². The zero-order valence-electron chi connectivity index (χ0n) is 10.4. The molecule has 1 N–H and O–H groups in total. The Morgan fingerprint density at radius 3 is 3.18 bits per heavy atom. The SMILES string of the molecule is COCc1cc(CN2CCC(C(C)O)C2)no1. The summed E-state index contributed by atoms with van der Waals surface area (Å²) in [6.45, 7) is 5.06. The van der Waals surface area contributed by atoms with Crippen LogP contribution in [0.4, 0.5) is 0 Å². The Kier molecular flexibility index (Phi) is 4.15. The minimum Gasteiger partial charge on any atom is -0.393 e. The fourth-order valence-corrected chi connectivity index (χ4v) is 2.27. The molecule has 0 amide bonds. The minimum atomic E-state index is -0.221. The van der Waals surface area contributed by atoms with Gasteiger partial charge in [0, 0.05) is 26.3 Å². The van der Waals surface area contributed by atoms with Gasteiger partial charge in [-0.3, -0.25) is 4.90 Å². The van der Waals surface area contributed by atoms with Crippen molar-refractivity contribution in [1.29, 1.82) is 0 Å². The van der Waals surface area contributed by atoms with Gasteiger partial charge in [0.2, 0.25) is 0 Å². The van der Waals surface area contributed by atoms with Gasteiger partial charge in [-0.2, -0.15) is 0 Å². The van der Waals surface area contributed by atoms with Gasteiger partial charge in [-0.05, 0) is 25.8 Å². The lowest BCUT2D eigenvalue weighted by molar-refractivity contribution is 0.127. The van der Waals surface area contributed by atoms with Crippen LogP contribution < -0.4 is 0 Å². The number of hydrogen-bond donors (Lipinski definition) is 1. The number of hydrogen-bond acceptors (Lipinski definition) is 5. The summed E-state index contributed by atoms with van der Waals surface area (Å²) in [6, 6.07) is 1.93. The van der Waals surface area contributed by atoms with Crippen LogP contribution in [0.2, 0.25) is 0 Å². The van der Waals surface area contributed by atoms with Gasteiger partial charge in [0.1, 0.15) is 6.61 Å². The Labute approximate surface area is 101 Å². The van der Waals surface area contributed by atoms with E-state index in [0.29, 0.717) is 12.5 Å². The van der Waals surface area contributed by atoms with Gasteiger partial charge in [-0.25, -0.2) is 0 Å². The Morgan fingerprint density at radius 2 is 2.53 bits per heavy atom. The molecule has 1 aromatic rings. The Bertz CT molecular complexity index is 351. The van der Waals surface area contributed by atoms with Crippen molar-refractivity contribution in [1.82, 2.24) is 10.1 Å². The number of methoxy groups -OCH3 is 1. The van der Waals surface area contributed by atoms with Crippen LogP contribution in [0, 0.1) is 5.92 Å². The van der Waals surface area contributed by atoms with Crippen molar-refractivity contribution in [2.24, 2.45) is 5.92 Å². The topological polar surface area (TPSA) is 58.7 Å². The largest absolute Gasteiger partial charge is 0.393 e. The van der Waals surface area contributed by atoms with Crippen molar-refractivity contribution in [2.45, 2.75) is 32.6 Å². The Hall–Kier alpha value is -0.910. The third kappa shape index (κ3) is 3.28. The molecule has 1 aliphatic rings. The summed E-state index contributed by atoms with van der Waals surface area (Å²) in [6.07, 6.45) is 0.835. The van der Waals surface area contributed by atoms with Crippen molar-refractivity contribution in [3.8, 4) is 0 Å². The van der Waals surface area contributed by atoms with E-state index in [1.165, 1.54) is 0 Å². The quantitative estimate of drug-likeness (QED) is 0.832. The average molecular weight is 240 g/mol. The molecule has 1 saturated heterocycles. The van der Waals surface area contributed by atoms with Crippen LogP contribution in [0.25, 0.3) is 0 Å². The first kappa shape index (κ1) is 12.5. The van der Waals surface area contributed by atoms with E-state index < -0.39 is 0 Å². The highest BCUT2D eigenvalue weighted by molar-refractivity contribution is 5.04. The molecule has 0 saturated carbocycles. The van der Waals surface area contributed by atoms with Crippen LogP contribution in [0.15, 0.2) is 10.6 Å². The number of likely N-dealkylation sites (tertiary alicyclic amines) is 1. The first-order chi connectivity index (χ1) is 8.19. The highest BCUT2D eigenvalue weighted by atomic mass is 16.5. The second-order valence-electron chi connectivity index (χ2n) is 4.74. The zero-order valence-corrected chi connectivity index (χ0v) is 10.4. The van der Waals surface area contributed by atoms with Crippen LogP contribution in [0.3, 0.4) is 0 Å². The van der Waals surface area contributed by atoms with Crippen LogP contribution in [0.5, 0.6) is 0 Å². The van der Waals surface area contributed by atoms with E-state index in [4.69, 9.17) is 9.26 Å². The van der Waals surface area contributed by atoms with Gasteiger partial charge < -0.3 is 14.4 Å². The maximum Gasteiger partial charge on any atom is 0.162 e. The van der Waals surface area contributed by atoms with E-state index in [1.807, 2.05) is 13.0 Å². The molecule has 96 valence electrons. The Morgan fingerprint density at radius 1 is 1.71 bits per heavy atom. The lowest BCUT2D eigenvalue weighted by Crippen LogP contribution is -2.24. The molecule has 0 aromatic carbocycles. The number of aliphatic hydroxyl groups is 1. The van der Waals surface area contributed by atoms with Crippen LogP contribution in [0.1, 0.15) is 24.8 Å². The van der Waals surface area contributed by atoms with Gasteiger partial charge in [0.05, 0.1) is 11.8 Å². The van der Waals surface area contributed by atoms with Crippen molar-refractivity contribution >= 4 is 0 Å². The number of nitrogens with zero attached hydrogens (tertiary/aromatic N) is 2. The van der Waals surface area contributed by atoms with Gasteiger partial charge in [-0.1, -0.05) is 5.16 Å². The first-order valence-corrected chi connectivity index (χ1v) is 6.03. The summed E-state index contributed by atoms with van der Waals surface area (Å²) in [5, 5.41) is 13.5. The van der Waals surface area contributed by atoms with Crippen molar-refractivity contribution in [3.63, 3.8) is 0 Å². The minimum absolute atomic E-state index is 0.221. The smallest absolute Gasteiger partial charge is 0.162 e. The molecule has 17 heavy (non-hydrogen) atoms. The van der Waals surface area contributed by atoms with Crippen molar-refractivity contribution in [3.05, 3.63) is 17.5 Å². The van der Waals surface area contributed by atoms with Crippen molar-refractivity contribution < 1.29 is 14.4 Å². The highest BCUT2D eigenvalue weighted by Crippen LogP contribution is 2.21. The number of aromatic nitrogens is 1. The fraction of sp³-hybridized carbons (Fsp3) is 0.750. The molecule has 2 unspecified atom stereocenters. The summed E-state index contributed by atoms with van der Waals surface area (Å²) in [4.78, 5) is 2.30. The molecule has 2 rings (SSSR count). The highest BCUT2D eigenvalue weighted by Gasteiger charge is 2.26. The van der Waals surface area contributed by atoms with E-state index >= 15 is 0 Å². The lowest BCUT2D eigenvalue weighted by Gasteiger charge is -2.15. The predicted octanol–water partition coefficient (Wildman–Crippen LogP) is 1.02. The summed E-state index contributed by atoms with van der Waals surface area (Å²) >= 11 is 0.